The van der Waals surface area contributed by atoms with Gasteiger partial charge in [0.1, 0.15) is 0 Å². The van der Waals surface area contributed by atoms with E-state index in [-0.39, 0.29) is 0 Å². The van der Waals surface area contributed by atoms with E-state index in [1.165, 1.54) is 12.8 Å². The number of nitrogens with zero attached hydrogens (tertiary/aromatic N) is 4. The topological polar surface area (TPSA) is 55.6 Å². The third-order valence-electron chi connectivity index (χ3n) is 2.78. The molecule has 0 amide bonds. The fourth-order valence-electron chi connectivity index (χ4n) is 1.66. The van der Waals surface area contributed by atoms with Crippen LogP contribution < -0.4 is 5.32 Å². The van der Waals surface area contributed by atoms with Crippen molar-refractivity contribution in [3.63, 3.8) is 0 Å². The summed E-state index contributed by atoms with van der Waals surface area (Å²) in [6.07, 6.45) is 2.64. The minimum absolute atomic E-state index is 0.457. The third-order valence-corrected chi connectivity index (χ3v) is 2.78. The molecule has 1 fully saturated rings. The molecule has 1 aromatic rings. The average Bonchev–Trinajstić information content (AvgIpc) is 2.93. The normalized spacial score (nSPS) is 18.4. The predicted octanol–water partition coefficient (Wildman–Crippen LogP) is 0.754. The van der Waals surface area contributed by atoms with E-state index in [2.05, 4.69) is 34.7 Å². The van der Waals surface area contributed by atoms with Gasteiger partial charge in [-0.2, -0.15) is 0 Å². The maximum atomic E-state index is 4.05. The van der Waals surface area contributed by atoms with Gasteiger partial charge in [0.05, 0.1) is 12.6 Å². The second kappa shape index (κ2) is 4.04. The van der Waals surface area contributed by atoms with Crippen LogP contribution in [0.4, 0.5) is 0 Å². The summed E-state index contributed by atoms with van der Waals surface area (Å²) in [6.45, 7) is 5.99. The van der Waals surface area contributed by atoms with Gasteiger partial charge in [0, 0.05) is 0 Å². The van der Waals surface area contributed by atoms with Gasteiger partial charge in [0.25, 0.3) is 0 Å². The van der Waals surface area contributed by atoms with E-state index in [1.54, 1.807) is 0 Å². The van der Waals surface area contributed by atoms with Gasteiger partial charge in [-0.3, -0.25) is 0 Å². The van der Waals surface area contributed by atoms with Gasteiger partial charge in [-0.1, -0.05) is 6.92 Å². The van der Waals surface area contributed by atoms with Gasteiger partial charge < -0.3 is 5.32 Å². The first-order valence-electron chi connectivity index (χ1n) is 5.30. The van der Waals surface area contributed by atoms with E-state index in [1.807, 2.05) is 4.68 Å². The van der Waals surface area contributed by atoms with E-state index in [0.29, 0.717) is 6.04 Å². The monoisotopic (exact) mass is 195 g/mol. The molecule has 14 heavy (non-hydrogen) atoms. The molecule has 1 unspecified atom stereocenters. The Hall–Kier alpha value is -0.970. The Bertz CT molecular complexity index is 291. The Balaban J connectivity index is 2.03. The molecule has 5 nitrogen and oxygen atoms in total. The van der Waals surface area contributed by atoms with Gasteiger partial charge in [-0.15, -0.1) is 5.10 Å². The molecule has 0 saturated heterocycles. The highest BCUT2D eigenvalue weighted by Gasteiger charge is 2.31. The van der Waals surface area contributed by atoms with Gasteiger partial charge in [0.2, 0.25) is 0 Å². The van der Waals surface area contributed by atoms with Crippen molar-refractivity contribution in [3.8, 4) is 0 Å². The van der Waals surface area contributed by atoms with Crippen LogP contribution >= 0.6 is 0 Å². The van der Waals surface area contributed by atoms with Crippen LogP contribution in [0.5, 0.6) is 0 Å². The first kappa shape index (κ1) is 9.58. The second-order valence-corrected chi connectivity index (χ2v) is 3.90. The van der Waals surface area contributed by atoms with Gasteiger partial charge in [-0.05, 0) is 42.7 Å². The predicted molar refractivity (Wildman–Crippen MR) is 52.6 cm³/mol. The average molecular weight is 195 g/mol. The molecule has 1 aromatic heterocycles. The number of hydrogen-bond acceptors (Lipinski definition) is 4. The molecule has 1 heterocycles. The maximum Gasteiger partial charge on any atom is 0.165 e. The van der Waals surface area contributed by atoms with Crippen LogP contribution in [0.2, 0.25) is 0 Å². The van der Waals surface area contributed by atoms with Crippen molar-refractivity contribution < 1.29 is 0 Å². The van der Waals surface area contributed by atoms with Gasteiger partial charge >= 0.3 is 0 Å². The maximum absolute atomic E-state index is 4.05. The van der Waals surface area contributed by atoms with E-state index in [0.717, 1.165) is 24.8 Å². The van der Waals surface area contributed by atoms with Crippen LogP contribution in [-0.4, -0.2) is 26.8 Å². The summed E-state index contributed by atoms with van der Waals surface area (Å²) >= 11 is 0. The lowest BCUT2D eigenvalue weighted by molar-refractivity contribution is 0.410. The van der Waals surface area contributed by atoms with Crippen LogP contribution in [0.1, 0.15) is 38.6 Å². The smallest absolute Gasteiger partial charge is 0.165 e. The van der Waals surface area contributed by atoms with Crippen molar-refractivity contribution in [3.05, 3.63) is 5.82 Å². The Morgan fingerprint density at radius 2 is 2.36 bits per heavy atom. The largest absolute Gasteiger partial charge is 0.310 e. The highest BCUT2D eigenvalue weighted by atomic mass is 15.6. The molecule has 5 heteroatoms. The van der Waals surface area contributed by atoms with Crippen LogP contribution in [0.15, 0.2) is 0 Å². The molecular weight excluding hydrogens is 178 g/mol. The molecule has 2 rings (SSSR count). The summed E-state index contributed by atoms with van der Waals surface area (Å²) in [5, 5.41) is 15.0. The number of tetrazole rings is 1. The lowest BCUT2D eigenvalue weighted by atomic mass is 10.2. The molecule has 78 valence electrons. The lowest BCUT2D eigenvalue weighted by Gasteiger charge is -2.11. The lowest BCUT2D eigenvalue weighted by Crippen LogP contribution is -2.19. The second-order valence-electron chi connectivity index (χ2n) is 3.90. The molecule has 0 aliphatic heterocycles. The summed E-state index contributed by atoms with van der Waals surface area (Å²) in [5.41, 5.74) is 0. The van der Waals surface area contributed by atoms with Crippen molar-refractivity contribution in [1.29, 1.82) is 0 Å². The highest BCUT2D eigenvalue weighted by Crippen LogP contribution is 2.39. The highest BCUT2D eigenvalue weighted by molar-refractivity contribution is 4.89. The summed E-state index contributed by atoms with van der Waals surface area (Å²) < 4.78 is 1.96. The quantitative estimate of drug-likeness (QED) is 0.753. The van der Waals surface area contributed by atoms with E-state index < -0.39 is 0 Å². The van der Waals surface area contributed by atoms with Crippen LogP contribution in [0.3, 0.4) is 0 Å². The Morgan fingerprint density at radius 1 is 1.57 bits per heavy atom. The number of rotatable bonds is 5. The van der Waals surface area contributed by atoms with Crippen molar-refractivity contribution in [2.75, 3.05) is 6.54 Å². The number of hydrogen-bond donors (Lipinski definition) is 1. The van der Waals surface area contributed by atoms with E-state index in [9.17, 15) is 0 Å². The molecule has 0 aromatic carbocycles. The van der Waals surface area contributed by atoms with Crippen LogP contribution in [-0.2, 0) is 6.54 Å². The summed E-state index contributed by atoms with van der Waals surface area (Å²) in [7, 11) is 0. The zero-order chi connectivity index (χ0) is 9.97. The first-order chi connectivity index (χ1) is 6.83. The van der Waals surface area contributed by atoms with Crippen LogP contribution in [0.25, 0.3) is 0 Å². The molecular formula is C9H17N5. The molecule has 1 saturated carbocycles. The zero-order valence-electron chi connectivity index (χ0n) is 8.77. The minimum atomic E-state index is 0.457. The number of nitrogens with one attached hydrogen (secondary N) is 1. The molecule has 1 N–H and O–H groups in total. The standard InChI is InChI=1S/C9H17N5/c1-3-10-6-9-11-12-13-14(9)7(2)8-4-5-8/h7-8,10H,3-6H2,1-2H3. The van der Waals surface area contributed by atoms with E-state index in [4.69, 9.17) is 0 Å². The minimum Gasteiger partial charge on any atom is -0.310 e. The molecule has 1 aliphatic carbocycles. The van der Waals surface area contributed by atoms with Crippen LogP contribution in [0, 0.1) is 5.92 Å². The van der Waals surface area contributed by atoms with Crippen molar-refractivity contribution >= 4 is 0 Å². The SMILES string of the molecule is CCNCc1nnnn1C(C)C1CC1. The zero-order valence-corrected chi connectivity index (χ0v) is 8.77. The van der Waals surface area contributed by atoms with Gasteiger partial charge in [0.15, 0.2) is 5.82 Å². The molecule has 1 aliphatic rings. The first-order valence-corrected chi connectivity index (χ1v) is 5.30. The fourth-order valence-corrected chi connectivity index (χ4v) is 1.66. The van der Waals surface area contributed by atoms with Crippen molar-refractivity contribution in [1.82, 2.24) is 25.5 Å². The van der Waals surface area contributed by atoms with E-state index >= 15 is 0 Å². The Labute approximate surface area is 83.9 Å². The number of aromatic nitrogens is 4. The summed E-state index contributed by atoms with van der Waals surface area (Å²) in [5.74, 6) is 1.74. The van der Waals surface area contributed by atoms with Crippen molar-refractivity contribution in [2.24, 2.45) is 5.92 Å². The third kappa shape index (κ3) is 1.92. The molecule has 0 radical (unpaired) electrons. The Kier molecular flexibility index (Phi) is 2.77. The fraction of sp³-hybridized carbons (Fsp3) is 0.889. The summed E-state index contributed by atoms with van der Waals surface area (Å²) in [4.78, 5) is 0. The molecule has 1 atom stereocenters. The van der Waals surface area contributed by atoms with Gasteiger partial charge in [-0.25, -0.2) is 4.68 Å². The Morgan fingerprint density at radius 3 is 3.00 bits per heavy atom. The van der Waals surface area contributed by atoms with Crippen molar-refractivity contribution in [2.45, 2.75) is 39.3 Å². The summed E-state index contributed by atoms with van der Waals surface area (Å²) in [6, 6.07) is 0.457. The molecule has 0 bridgehead atoms. The molecule has 0 spiro atoms.